The quantitative estimate of drug-likeness (QED) is 0.158. The molecule has 0 amide bonds. The Hall–Kier alpha value is -1.44. The van der Waals surface area contributed by atoms with Gasteiger partial charge in [0.2, 0.25) is 0 Å². The van der Waals surface area contributed by atoms with E-state index in [2.05, 4.69) is 6.92 Å². The summed E-state index contributed by atoms with van der Waals surface area (Å²) in [5.41, 5.74) is 1.68. The van der Waals surface area contributed by atoms with Gasteiger partial charge in [0.1, 0.15) is 0 Å². The van der Waals surface area contributed by atoms with Crippen LogP contribution in [-0.2, 0) is 17.1 Å². The van der Waals surface area contributed by atoms with Crippen LogP contribution in [0.5, 0.6) is 0 Å². The van der Waals surface area contributed by atoms with Crippen LogP contribution in [0.3, 0.4) is 0 Å². The van der Waals surface area contributed by atoms with Crippen molar-refractivity contribution in [2.75, 3.05) is 0 Å². The summed E-state index contributed by atoms with van der Waals surface area (Å²) in [6.45, 7) is 3.84. The maximum Gasteiger partial charge on any atom is 2.00 e. The predicted octanol–water partition coefficient (Wildman–Crippen LogP) is 6.95. The third-order valence-corrected chi connectivity index (χ3v) is 5.56. The smallest absolute Gasteiger partial charge is 0.875 e. The van der Waals surface area contributed by atoms with Crippen LogP contribution < -0.4 is 10.2 Å². The first-order valence-electron chi connectivity index (χ1n) is 12.1. The molecule has 0 atom stereocenters. The summed E-state index contributed by atoms with van der Waals surface area (Å²) in [7, 11) is 0. The van der Waals surface area contributed by atoms with Crippen molar-refractivity contribution < 1.29 is 27.3 Å². The molecule has 31 heavy (non-hydrogen) atoms. The minimum absolute atomic E-state index is 0. The van der Waals surface area contributed by atoms with Gasteiger partial charge < -0.3 is 10.2 Å². The fourth-order valence-electron chi connectivity index (χ4n) is 3.62. The minimum atomic E-state index is 0. The summed E-state index contributed by atoms with van der Waals surface area (Å²) >= 11 is 0. The molecule has 3 heteroatoms. The van der Waals surface area contributed by atoms with Crippen LogP contribution in [0.4, 0.5) is 0 Å². The molecule has 0 aliphatic heterocycles. The number of allylic oxidation sites excluding steroid dienone is 12. The molecule has 2 aliphatic rings. The molecule has 0 spiro atoms. The van der Waals surface area contributed by atoms with Gasteiger partial charge in [0.25, 0.3) is 0 Å². The van der Waals surface area contributed by atoms with Gasteiger partial charge in [-0.1, -0.05) is 146 Å². The second-order valence-electron chi connectivity index (χ2n) is 8.32. The average Bonchev–Trinajstić information content (AvgIpc) is 3.46. The molecule has 0 saturated carbocycles. The van der Waals surface area contributed by atoms with E-state index < -0.39 is 0 Å². The average molecular weight is 466 g/mol. The summed E-state index contributed by atoms with van der Waals surface area (Å²) < 4.78 is 0. The molecule has 2 nitrogen and oxygen atoms in total. The van der Waals surface area contributed by atoms with Gasteiger partial charge in [-0.3, -0.25) is 0 Å². The van der Waals surface area contributed by atoms with Crippen molar-refractivity contribution in [1.82, 2.24) is 0 Å². The van der Waals surface area contributed by atoms with E-state index >= 15 is 0 Å². The topological polar surface area (TPSA) is 46.1 Å². The molecule has 2 rings (SSSR count). The molecule has 0 fully saturated rings. The van der Waals surface area contributed by atoms with Crippen molar-refractivity contribution in [3.63, 3.8) is 0 Å². The van der Waals surface area contributed by atoms with E-state index in [4.69, 9.17) is 0 Å². The first kappa shape index (κ1) is 29.6. The van der Waals surface area contributed by atoms with Gasteiger partial charge in [0, 0.05) is 0 Å². The Morgan fingerprint density at radius 2 is 0.935 bits per heavy atom. The summed E-state index contributed by atoms with van der Waals surface area (Å²) in [5.74, 6) is 0.447. The second-order valence-corrected chi connectivity index (χ2v) is 8.32. The number of rotatable bonds is 14. The summed E-state index contributed by atoms with van der Waals surface area (Å²) in [5, 5.41) is 22.3. The van der Waals surface area contributed by atoms with Crippen molar-refractivity contribution in [3.05, 3.63) is 71.3 Å². The van der Waals surface area contributed by atoms with Gasteiger partial charge in [0.05, 0.1) is 0 Å². The van der Waals surface area contributed by atoms with Crippen molar-refractivity contribution >= 4 is 0 Å². The molecule has 0 aromatic carbocycles. The molecular weight excluding hydrogens is 424 g/mol. The Labute approximate surface area is 202 Å². The first-order chi connectivity index (χ1) is 14.6. The van der Waals surface area contributed by atoms with Gasteiger partial charge in [-0.05, 0) is 17.6 Å². The van der Waals surface area contributed by atoms with Crippen LogP contribution in [-0.4, -0.2) is 0 Å². The van der Waals surface area contributed by atoms with Crippen molar-refractivity contribution in [2.24, 2.45) is 0 Å². The third kappa shape index (κ3) is 15.9. The molecule has 174 valence electrons. The maximum absolute atomic E-state index is 11.8. The van der Waals surface area contributed by atoms with E-state index in [0.29, 0.717) is 5.76 Å². The molecule has 0 bridgehead atoms. The van der Waals surface area contributed by atoms with Gasteiger partial charge in [-0.2, -0.15) is 0 Å². The van der Waals surface area contributed by atoms with Crippen LogP contribution in [0.25, 0.3) is 0 Å². The van der Waals surface area contributed by atoms with E-state index in [9.17, 15) is 10.2 Å². The van der Waals surface area contributed by atoms with E-state index in [-0.39, 0.29) is 22.8 Å². The zero-order valence-electron chi connectivity index (χ0n) is 19.7. The second kappa shape index (κ2) is 20.5. The largest absolute Gasteiger partial charge is 2.00 e. The molecule has 2 aliphatic carbocycles. The van der Waals surface area contributed by atoms with E-state index in [0.717, 1.165) is 24.0 Å². The Balaban J connectivity index is 0.000000838. The Morgan fingerprint density at radius 1 is 0.581 bits per heavy atom. The molecule has 0 radical (unpaired) electrons. The van der Waals surface area contributed by atoms with Gasteiger partial charge in [-0.25, -0.2) is 0 Å². The SMILES string of the molecule is CC([O-])=C1C=CC=C1.CCCCCCCCCCCCCCCC([O-])=C1C=CC=C1.[Fe+2]. The Kier molecular flexibility index (Phi) is 19.5. The molecule has 0 saturated heterocycles. The number of hydrogen-bond donors (Lipinski definition) is 0. The third-order valence-electron chi connectivity index (χ3n) is 5.56. The zero-order chi connectivity index (χ0) is 21.9. The van der Waals surface area contributed by atoms with Crippen LogP contribution in [0.1, 0.15) is 104 Å². The van der Waals surface area contributed by atoms with Crippen molar-refractivity contribution in [1.29, 1.82) is 0 Å². The van der Waals surface area contributed by atoms with Crippen molar-refractivity contribution in [3.8, 4) is 0 Å². The Morgan fingerprint density at radius 3 is 1.29 bits per heavy atom. The summed E-state index contributed by atoms with van der Waals surface area (Å²) in [6, 6.07) is 0. The Bertz CT molecular complexity index is 603. The first-order valence-corrected chi connectivity index (χ1v) is 12.1. The summed E-state index contributed by atoms with van der Waals surface area (Å²) in [4.78, 5) is 0. The number of unbranched alkanes of at least 4 members (excludes halogenated alkanes) is 12. The standard InChI is InChI=1S/C21H36O.C7H8O.Fe/c1-2-3-4-5-6-7-8-9-10-11-12-13-14-19-21(22)20-17-15-16-18-20;1-6(8)7-4-2-3-5-7;/h15-18,22H,2-14,19H2,1H3;2-5,8H,1H3;/q;;+2/p-2. The molecule has 0 aromatic heterocycles. The van der Waals surface area contributed by atoms with Gasteiger partial charge in [-0.15, -0.1) is 11.5 Å². The predicted molar refractivity (Wildman–Crippen MR) is 127 cm³/mol. The van der Waals surface area contributed by atoms with Crippen LogP contribution in [0.15, 0.2) is 71.3 Å². The molecule has 0 N–H and O–H groups in total. The zero-order valence-corrected chi connectivity index (χ0v) is 20.8. The van der Waals surface area contributed by atoms with E-state index in [1.165, 1.54) is 77.0 Å². The fourth-order valence-corrected chi connectivity index (χ4v) is 3.62. The van der Waals surface area contributed by atoms with Crippen LogP contribution >= 0.6 is 0 Å². The maximum atomic E-state index is 11.8. The van der Waals surface area contributed by atoms with Gasteiger partial charge in [0.15, 0.2) is 0 Å². The molecule has 0 heterocycles. The monoisotopic (exact) mass is 466 g/mol. The minimum Gasteiger partial charge on any atom is -0.875 e. The van der Waals surface area contributed by atoms with Crippen LogP contribution in [0.2, 0.25) is 0 Å². The normalized spacial score (nSPS) is 13.4. The van der Waals surface area contributed by atoms with E-state index in [1.807, 2.05) is 48.6 Å². The number of hydrogen-bond acceptors (Lipinski definition) is 2. The van der Waals surface area contributed by atoms with E-state index in [1.54, 1.807) is 6.92 Å². The molecular formula is C28H42FeO2. The fraction of sp³-hybridized carbons (Fsp3) is 0.571. The van der Waals surface area contributed by atoms with Crippen LogP contribution in [0, 0.1) is 0 Å². The van der Waals surface area contributed by atoms with Crippen molar-refractivity contribution in [2.45, 2.75) is 104 Å². The summed E-state index contributed by atoms with van der Waals surface area (Å²) in [6.07, 6.45) is 33.4. The van der Waals surface area contributed by atoms with Gasteiger partial charge >= 0.3 is 17.1 Å². The molecule has 0 unspecified atom stereocenters. The molecule has 0 aromatic rings.